The highest BCUT2D eigenvalue weighted by atomic mass is 16.3. The first-order chi connectivity index (χ1) is 8.52. The average molecular weight is 251 g/mol. The second-order valence-corrected chi connectivity index (χ2v) is 5.35. The van der Waals surface area contributed by atoms with Gasteiger partial charge in [-0.15, -0.1) is 0 Å². The second-order valence-electron chi connectivity index (χ2n) is 5.35. The fourth-order valence-electron chi connectivity index (χ4n) is 1.84. The lowest BCUT2D eigenvalue weighted by Gasteiger charge is -2.16. The summed E-state index contributed by atoms with van der Waals surface area (Å²) < 4.78 is 0. The zero-order chi connectivity index (χ0) is 13.5. The summed E-state index contributed by atoms with van der Waals surface area (Å²) in [5.41, 5.74) is 2.22. The highest BCUT2D eigenvalue weighted by molar-refractivity contribution is 5.24. The molecule has 1 rings (SSSR count). The standard InChI is InChI=1S/C15H25NO2/c1-11(2)8-13-4-6-14(7-5-13)15(18)9-16-12(3)10-17/h4-7,11-12,15-18H,8-10H2,1-3H3. The van der Waals surface area contributed by atoms with E-state index >= 15 is 0 Å². The van der Waals surface area contributed by atoms with Crippen LogP contribution in [0, 0.1) is 5.92 Å². The minimum atomic E-state index is -0.521. The molecule has 0 fully saturated rings. The predicted molar refractivity (Wildman–Crippen MR) is 74.5 cm³/mol. The van der Waals surface area contributed by atoms with Gasteiger partial charge in [-0.1, -0.05) is 38.1 Å². The first-order valence-corrected chi connectivity index (χ1v) is 6.64. The van der Waals surface area contributed by atoms with E-state index in [1.807, 2.05) is 19.1 Å². The topological polar surface area (TPSA) is 52.5 Å². The molecule has 0 radical (unpaired) electrons. The molecule has 3 heteroatoms. The SMILES string of the molecule is CC(C)Cc1ccc(C(O)CNC(C)CO)cc1. The van der Waals surface area contributed by atoms with E-state index in [0.29, 0.717) is 12.5 Å². The number of aliphatic hydroxyl groups is 2. The molecule has 0 amide bonds. The van der Waals surface area contributed by atoms with Crippen LogP contribution >= 0.6 is 0 Å². The van der Waals surface area contributed by atoms with Crippen molar-refractivity contribution in [3.63, 3.8) is 0 Å². The Morgan fingerprint density at radius 3 is 2.22 bits per heavy atom. The molecule has 0 aliphatic heterocycles. The monoisotopic (exact) mass is 251 g/mol. The van der Waals surface area contributed by atoms with E-state index in [2.05, 4.69) is 31.3 Å². The largest absolute Gasteiger partial charge is 0.395 e. The summed E-state index contributed by atoms with van der Waals surface area (Å²) >= 11 is 0. The van der Waals surface area contributed by atoms with Crippen LogP contribution in [0.25, 0.3) is 0 Å². The Hall–Kier alpha value is -0.900. The Balaban J connectivity index is 2.50. The van der Waals surface area contributed by atoms with Crippen molar-refractivity contribution in [2.75, 3.05) is 13.2 Å². The average Bonchev–Trinajstić information content (AvgIpc) is 2.35. The Bertz CT molecular complexity index is 335. The van der Waals surface area contributed by atoms with Crippen molar-refractivity contribution in [1.82, 2.24) is 5.32 Å². The fourth-order valence-corrected chi connectivity index (χ4v) is 1.84. The second kappa shape index (κ2) is 7.52. The molecule has 102 valence electrons. The number of aliphatic hydroxyl groups excluding tert-OH is 2. The van der Waals surface area contributed by atoms with Crippen LogP contribution in [-0.2, 0) is 6.42 Å². The van der Waals surface area contributed by atoms with Crippen molar-refractivity contribution < 1.29 is 10.2 Å². The van der Waals surface area contributed by atoms with E-state index in [0.717, 1.165) is 12.0 Å². The molecule has 0 bridgehead atoms. The van der Waals surface area contributed by atoms with Gasteiger partial charge in [-0.2, -0.15) is 0 Å². The number of hydrogen-bond donors (Lipinski definition) is 3. The molecule has 1 aromatic carbocycles. The summed E-state index contributed by atoms with van der Waals surface area (Å²) in [6, 6.07) is 8.13. The molecule has 0 aromatic heterocycles. The highest BCUT2D eigenvalue weighted by Gasteiger charge is 2.09. The van der Waals surface area contributed by atoms with Crippen LogP contribution in [0.15, 0.2) is 24.3 Å². The van der Waals surface area contributed by atoms with Crippen molar-refractivity contribution in [2.45, 2.75) is 39.3 Å². The first-order valence-electron chi connectivity index (χ1n) is 6.64. The summed E-state index contributed by atoms with van der Waals surface area (Å²) in [5.74, 6) is 0.646. The van der Waals surface area contributed by atoms with E-state index in [1.54, 1.807) is 0 Å². The normalized spacial score (nSPS) is 14.8. The lowest BCUT2D eigenvalue weighted by Crippen LogP contribution is -2.32. The van der Waals surface area contributed by atoms with Gasteiger partial charge in [0.15, 0.2) is 0 Å². The first kappa shape index (κ1) is 15.2. The van der Waals surface area contributed by atoms with Crippen molar-refractivity contribution in [3.05, 3.63) is 35.4 Å². The van der Waals surface area contributed by atoms with E-state index in [-0.39, 0.29) is 12.6 Å². The molecule has 0 aliphatic rings. The lowest BCUT2D eigenvalue weighted by molar-refractivity contribution is 0.161. The van der Waals surface area contributed by atoms with Crippen LogP contribution in [0.4, 0.5) is 0 Å². The van der Waals surface area contributed by atoms with Gasteiger partial charge in [0.05, 0.1) is 12.7 Å². The van der Waals surface area contributed by atoms with Gasteiger partial charge in [-0.05, 0) is 30.4 Å². The smallest absolute Gasteiger partial charge is 0.0914 e. The molecule has 2 atom stereocenters. The van der Waals surface area contributed by atoms with Crippen molar-refractivity contribution in [2.24, 2.45) is 5.92 Å². The molecule has 3 nitrogen and oxygen atoms in total. The molecule has 3 N–H and O–H groups in total. The minimum absolute atomic E-state index is 0.0138. The van der Waals surface area contributed by atoms with Crippen LogP contribution in [0.2, 0.25) is 0 Å². The van der Waals surface area contributed by atoms with Crippen LogP contribution in [0.5, 0.6) is 0 Å². The maximum absolute atomic E-state index is 9.99. The Morgan fingerprint density at radius 2 is 1.72 bits per heavy atom. The molecule has 0 aliphatic carbocycles. The molecule has 0 heterocycles. The third-order valence-corrected chi connectivity index (χ3v) is 2.94. The lowest BCUT2D eigenvalue weighted by atomic mass is 10.0. The molecule has 0 saturated heterocycles. The van der Waals surface area contributed by atoms with Gasteiger partial charge in [0.2, 0.25) is 0 Å². The molecule has 0 saturated carbocycles. The van der Waals surface area contributed by atoms with Crippen LogP contribution in [0.1, 0.15) is 38.0 Å². The van der Waals surface area contributed by atoms with Gasteiger partial charge in [0.25, 0.3) is 0 Å². The third kappa shape index (κ3) is 5.17. The Morgan fingerprint density at radius 1 is 1.11 bits per heavy atom. The van der Waals surface area contributed by atoms with E-state index in [4.69, 9.17) is 5.11 Å². The minimum Gasteiger partial charge on any atom is -0.395 e. The zero-order valence-corrected chi connectivity index (χ0v) is 11.6. The van der Waals surface area contributed by atoms with Crippen LogP contribution in [-0.4, -0.2) is 29.4 Å². The Labute approximate surface area is 110 Å². The molecule has 18 heavy (non-hydrogen) atoms. The van der Waals surface area contributed by atoms with Crippen molar-refractivity contribution in [3.8, 4) is 0 Å². The Kier molecular flexibility index (Phi) is 6.33. The summed E-state index contributed by atoms with van der Waals surface area (Å²) in [5, 5.41) is 22.0. The van der Waals surface area contributed by atoms with E-state index < -0.39 is 6.10 Å². The molecular formula is C15H25NO2. The van der Waals surface area contributed by atoms with Crippen LogP contribution < -0.4 is 5.32 Å². The maximum atomic E-state index is 9.99. The summed E-state index contributed by atoms with van der Waals surface area (Å²) in [4.78, 5) is 0. The summed E-state index contributed by atoms with van der Waals surface area (Å²) in [6.45, 7) is 6.83. The number of nitrogens with one attached hydrogen (secondary N) is 1. The number of hydrogen-bond acceptors (Lipinski definition) is 3. The quantitative estimate of drug-likeness (QED) is 0.693. The van der Waals surface area contributed by atoms with Gasteiger partial charge in [0, 0.05) is 12.6 Å². The number of rotatable bonds is 7. The predicted octanol–water partition coefficient (Wildman–Crippen LogP) is 1.89. The van der Waals surface area contributed by atoms with Gasteiger partial charge < -0.3 is 15.5 Å². The van der Waals surface area contributed by atoms with Crippen LogP contribution in [0.3, 0.4) is 0 Å². The van der Waals surface area contributed by atoms with Gasteiger partial charge in [-0.3, -0.25) is 0 Å². The van der Waals surface area contributed by atoms with Crippen molar-refractivity contribution >= 4 is 0 Å². The molecular weight excluding hydrogens is 226 g/mol. The van der Waals surface area contributed by atoms with Gasteiger partial charge >= 0.3 is 0 Å². The van der Waals surface area contributed by atoms with Gasteiger partial charge in [0.1, 0.15) is 0 Å². The highest BCUT2D eigenvalue weighted by Crippen LogP contribution is 2.15. The fraction of sp³-hybridized carbons (Fsp3) is 0.600. The number of benzene rings is 1. The van der Waals surface area contributed by atoms with E-state index in [9.17, 15) is 5.11 Å². The van der Waals surface area contributed by atoms with Gasteiger partial charge in [-0.25, -0.2) is 0 Å². The summed E-state index contributed by atoms with van der Waals surface area (Å²) in [6.07, 6.45) is 0.544. The zero-order valence-electron chi connectivity index (χ0n) is 11.6. The maximum Gasteiger partial charge on any atom is 0.0914 e. The molecule has 0 spiro atoms. The molecule has 2 unspecified atom stereocenters. The molecule has 1 aromatic rings. The summed E-state index contributed by atoms with van der Waals surface area (Å²) in [7, 11) is 0. The third-order valence-electron chi connectivity index (χ3n) is 2.94. The van der Waals surface area contributed by atoms with Crippen molar-refractivity contribution in [1.29, 1.82) is 0 Å². The van der Waals surface area contributed by atoms with E-state index in [1.165, 1.54) is 5.56 Å².